The maximum absolute atomic E-state index is 9.39. The van der Waals surface area contributed by atoms with Crippen molar-refractivity contribution < 1.29 is 19.0 Å². The van der Waals surface area contributed by atoms with Crippen LogP contribution in [0.4, 0.5) is 0 Å². The van der Waals surface area contributed by atoms with Crippen LogP contribution in [0.25, 0.3) is 11.1 Å². The number of ether oxygens (including phenoxy) is 2. The molecule has 0 bridgehead atoms. The molecule has 108 valence electrons. The van der Waals surface area contributed by atoms with Crippen LogP contribution in [-0.4, -0.2) is 16.7 Å². The van der Waals surface area contributed by atoms with E-state index in [1.165, 1.54) is 6.07 Å². The minimum absolute atomic E-state index is 0.151. The first-order chi connectivity index (χ1) is 10.2. The zero-order valence-corrected chi connectivity index (χ0v) is 11.6. The molecule has 0 saturated carbocycles. The van der Waals surface area contributed by atoms with E-state index in [0.29, 0.717) is 29.3 Å². The zero-order chi connectivity index (χ0) is 14.7. The number of rotatable bonds is 5. The van der Waals surface area contributed by atoms with Gasteiger partial charge in [-0.25, -0.2) is 4.98 Å². The summed E-state index contributed by atoms with van der Waals surface area (Å²) >= 11 is 0. The minimum Gasteiger partial charge on any atom is -0.508 e. The second-order valence-electron chi connectivity index (χ2n) is 4.45. The standard InChI is InChI=1S/C16H15NO4/c1-2-19-12-4-6-13(7-5-12)20-10-16-17-14-8-3-11(18)9-15(14)21-16/h3-9,18H,2,10H2,1H3. The first-order valence-corrected chi connectivity index (χ1v) is 6.68. The predicted molar refractivity (Wildman–Crippen MR) is 77.6 cm³/mol. The van der Waals surface area contributed by atoms with Gasteiger partial charge in [0.1, 0.15) is 22.8 Å². The lowest BCUT2D eigenvalue weighted by Gasteiger charge is -2.05. The molecular weight excluding hydrogens is 270 g/mol. The molecule has 0 atom stereocenters. The molecular formula is C16H15NO4. The molecule has 1 heterocycles. The van der Waals surface area contributed by atoms with Gasteiger partial charge in [0.25, 0.3) is 0 Å². The summed E-state index contributed by atoms with van der Waals surface area (Å²) in [5.74, 6) is 2.13. The summed E-state index contributed by atoms with van der Waals surface area (Å²) in [6, 6.07) is 12.2. The van der Waals surface area contributed by atoms with E-state index in [4.69, 9.17) is 13.9 Å². The van der Waals surface area contributed by atoms with Crippen LogP contribution < -0.4 is 9.47 Å². The molecule has 0 spiro atoms. The fourth-order valence-electron chi connectivity index (χ4n) is 1.97. The van der Waals surface area contributed by atoms with Crippen molar-refractivity contribution in [1.29, 1.82) is 0 Å². The Balaban J connectivity index is 1.68. The topological polar surface area (TPSA) is 64.7 Å². The predicted octanol–water partition coefficient (Wildman–Crippen LogP) is 3.51. The van der Waals surface area contributed by atoms with E-state index >= 15 is 0 Å². The van der Waals surface area contributed by atoms with E-state index in [0.717, 1.165) is 5.75 Å². The highest BCUT2D eigenvalue weighted by molar-refractivity contribution is 5.74. The highest BCUT2D eigenvalue weighted by Crippen LogP contribution is 2.22. The van der Waals surface area contributed by atoms with Crippen LogP contribution in [0.2, 0.25) is 0 Å². The summed E-state index contributed by atoms with van der Waals surface area (Å²) < 4.78 is 16.5. The van der Waals surface area contributed by atoms with E-state index in [-0.39, 0.29) is 12.4 Å². The number of benzene rings is 2. The molecule has 0 amide bonds. The Morgan fingerprint density at radius 1 is 1.05 bits per heavy atom. The van der Waals surface area contributed by atoms with Crippen LogP contribution in [0.15, 0.2) is 46.9 Å². The van der Waals surface area contributed by atoms with Gasteiger partial charge >= 0.3 is 0 Å². The number of phenols is 1. The Hall–Kier alpha value is -2.69. The summed E-state index contributed by atoms with van der Waals surface area (Å²) in [6.07, 6.45) is 0. The SMILES string of the molecule is CCOc1ccc(OCc2nc3ccc(O)cc3o2)cc1. The van der Waals surface area contributed by atoms with Crippen molar-refractivity contribution in [3.8, 4) is 17.2 Å². The summed E-state index contributed by atoms with van der Waals surface area (Å²) in [4.78, 5) is 4.29. The van der Waals surface area contributed by atoms with Gasteiger partial charge < -0.3 is 19.0 Å². The molecule has 0 saturated heterocycles. The molecule has 0 unspecified atom stereocenters. The van der Waals surface area contributed by atoms with Crippen LogP contribution in [0.1, 0.15) is 12.8 Å². The lowest BCUT2D eigenvalue weighted by Crippen LogP contribution is -1.96. The highest BCUT2D eigenvalue weighted by atomic mass is 16.5. The number of aromatic hydroxyl groups is 1. The Morgan fingerprint density at radius 2 is 1.76 bits per heavy atom. The monoisotopic (exact) mass is 285 g/mol. The molecule has 3 rings (SSSR count). The quantitative estimate of drug-likeness (QED) is 0.777. The molecule has 5 heteroatoms. The van der Waals surface area contributed by atoms with Crippen molar-refractivity contribution in [3.63, 3.8) is 0 Å². The molecule has 3 aromatic rings. The third kappa shape index (κ3) is 3.08. The van der Waals surface area contributed by atoms with Crippen LogP contribution in [0.5, 0.6) is 17.2 Å². The van der Waals surface area contributed by atoms with E-state index in [1.807, 2.05) is 31.2 Å². The number of aromatic nitrogens is 1. The Morgan fingerprint density at radius 3 is 2.48 bits per heavy atom. The van der Waals surface area contributed by atoms with Crippen LogP contribution in [-0.2, 0) is 6.61 Å². The van der Waals surface area contributed by atoms with Crippen LogP contribution in [0, 0.1) is 0 Å². The van der Waals surface area contributed by atoms with E-state index in [9.17, 15) is 5.11 Å². The van der Waals surface area contributed by atoms with Crippen LogP contribution in [0.3, 0.4) is 0 Å². The second-order valence-corrected chi connectivity index (χ2v) is 4.45. The van der Waals surface area contributed by atoms with Gasteiger partial charge in [-0.05, 0) is 43.3 Å². The zero-order valence-electron chi connectivity index (χ0n) is 11.6. The lowest BCUT2D eigenvalue weighted by atomic mass is 10.3. The average Bonchev–Trinajstić information content (AvgIpc) is 2.89. The molecule has 5 nitrogen and oxygen atoms in total. The number of fused-ring (bicyclic) bond motifs is 1. The van der Waals surface area contributed by atoms with Crippen molar-refractivity contribution in [2.75, 3.05) is 6.61 Å². The average molecular weight is 285 g/mol. The maximum atomic E-state index is 9.39. The molecule has 1 N–H and O–H groups in total. The van der Waals surface area contributed by atoms with Gasteiger partial charge in [-0.2, -0.15) is 0 Å². The maximum Gasteiger partial charge on any atom is 0.233 e. The van der Waals surface area contributed by atoms with E-state index in [2.05, 4.69) is 4.98 Å². The number of hydrogen-bond donors (Lipinski definition) is 1. The van der Waals surface area contributed by atoms with Gasteiger partial charge in [0.15, 0.2) is 12.2 Å². The first-order valence-electron chi connectivity index (χ1n) is 6.68. The van der Waals surface area contributed by atoms with Gasteiger partial charge in [-0.1, -0.05) is 0 Å². The molecule has 0 aliphatic carbocycles. The molecule has 2 aromatic carbocycles. The molecule has 0 aliphatic rings. The van der Waals surface area contributed by atoms with Gasteiger partial charge in [-0.3, -0.25) is 0 Å². The van der Waals surface area contributed by atoms with Gasteiger partial charge in [-0.15, -0.1) is 0 Å². The number of hydrogen-bond acceptors (Lipinski definition) is 5. The number of phenolic OH excluding ortho intramolecular Hbond substituents is 1. The minimum atomic E-state index is 0.151. The summed E-state index contributed by atoms with van der Waals surface area (Å²) in [7, 11) is 0. The molecule has 0 fully saturated rings. The highest BCUT2D eigenvalue weighted by Gasteiger charge is 2.07. The molecule has 21 heavy (non-hydrogen) atoms. The third-order valence-electron chi connectivity index (χ3n) is 2.91. The smallest absolute Gasteiger partial charge is 0.233 e. The van der Waals surface area contributed by atoms with Crippen molar-refractivity contribution in [1.82, 2.24) is 4.98 Å². The number of nitrogens with zero attached hydrogens (tertiary/aromatic N) is 1. The fourth-order valence-corrected chi connectivity index (χ4v) is 1.97. The molecule has 0 radical (unpaired) electrons. The molecule has 0 aliphatic heterocycles. The van der Waals surface area contributed by atoms with Gasteiger partial charge in [0.05, 0.1) is 6.61 Å². The van der Waals surface area contributed by atoms with Gasteiger partial charge in [0, 0.05) is 6.07 Å². The summed E-state index contributed by atoms with van der Waals surface area (Å²) in [5, 5.41) is 9.39. The second kappa shape index (κ2) is 5.75. The van der Waals surface area contributed by atoms with E-state index < -0.39 is 0 Å². The van der Waals surface area contributed by atoms with Crippen molar-refractivity contribution in [3.05, 3.63) is 48.4 Å². The van der Waals surface area contributed by atoms with Gasteiger partial charge in [0.2, 0.25) is 5.89 Å². The number of oxazole rings is 1. The van der Waals surface area contributed by atoms with Crippen molar-refractivity contribution >= 4 is 11.1 Å². The molecule has 1 aromatic heterocycles. The lowest BCUT2D eigenvalue weighted by molar-refractivity contribution is 0.266. The third-order valence-corrected chi connectivity index (χ3v) is 2.91. The van der Waals surface area contributed by atoms with Crippen molar-refractivity contribution in [2.45, 2.75) is 13.5 Å². The Kier molecular flexibility index (Phi) is 3.64. The normalized spacial score (nSPS) is 10.7. The Labute approximate surface area is 121 Å². The first kappa shape index (κ1) is 13.3. The van der Waals surface area contributed by atoms with Crippen LogP contribution >= 0.6 is 0 Å². The summed E-state index contributed by atoms with van der Waals surface area (Å²) in [6.45, 7) is 2.80. The fraction of sp³-hybridized carbons (Fsp3) is 0.188. The van der Waals surface area contributed by atoms with Crippen molar-refractivity contribution in [2.24, 2.45) is 0 Å². The summed E-state index contributed by atoms with van der Waals surface area (Å²) in [5.41, 5.74) is 1.23. The van der Waals surface area contributed by atoms with E-state index in [1.54, 1.807) is 12.1 Å². The largest absolute Gasteiger partial charge is 0.508 e. The Bertz CT molecular complexity index is 734.